The molecule has 0 saturated heterocycles. The van der Waals surface area contributed by atoms with Gasteiger partial charge in [-0.1, -0.05) is 42.5 Å². The molecule has 3 nitrogen and oxygen atoms in total. The van der Waals surface area contributed by atoms with E-state index in [1.54, 1.807) is 7.11 Å². The molecular weight excluding hydrogens is 495 g/mol. The van der Waals surface area contributed by atoms with Crippen molar-refractivity contribution in [2.45, 2.75) is 32.7 Å². The maximum Gasteiger partial charge on any atom is 0.449 e. The van der Waals surface area contributed by atoms with Crippen LogP contribution in [0.25, 0.3) is 10.8 Å². The summed E-state index contributed by atoms with van der Waals surface area (Å²) < 4.78 is 50.6. The Kier molecular flexibility index (Phi) is 6.81. The van der Waals surface area contributed by atoms with Gasteiger partial charge in [0.15, 0.2) is 0 Å². The molecule has 0 aliphatic carbocycles. The van der Waals surface area contributed by atoms with Gasteiger partial charge in [0.2, 0.25) is 5.76 Å². The highest BCUT2D eigenvalue weighted by Gasteiger charge is 2.34. The van der Waals surface area contributed by atoms with E-state index in [-0.39, 0.29) is 12.3 Å². The van der Waals surface area contributed by atoms with E-state index in [1.807, 2.05) is 30.3 Å². The zero-order chi connectivity index (χ0) is 23.6. The molecule has 0 radical (unpaired) electrons. The van der Waals surface area contributed by atoms with Gasteiger partial charge in [-0.25, -0.2) is 0 Å². The number of aryl methyl sites for hydroxylation is 1. The number of hydrogen-bond donors (Lipinski definition) is 0. The Balaban J connectivity index is 1.68. The number of halogens is 4. The minimum Gasteiger partial charge on any atom is -0.496 e. The van der Waals surface area contributed by atoms with E-state index in [4.69, 9.17) is 9.15 Å². The van der Waals surface area contributed by atoms with Crippen molar-refractivity contribution in [2.24, 2.45) is 0 Å². The van der Waals surface area contributed by atoms with Crippen LogP contribution in [0.3, 0.4) is 0 Å². The second-order valence-electron chi connectivity index (χ2n) is 7.96. The second kappa shape index (κ2) is 9.61. The highest BCUT2D eigenvalue weighted by atomic mass is 79.9. The highest BCUT2D eigenvalue weighted by molar-refractivity contribution is 9.10. The third-order valence-corrected chi connectivity index (χ3v) is 6.25. The molecule has 0 saturated carbocycles. The summed E-state index contributed by atoms with van der Waals surface area (Å²) >= 11 is 3.46. The van der Waals surface area contributed by atoms with Crippen LogP contribution in [0, 0.1) is 6.92 Å². The summed E-state index contributed by atoms with van der Waals surface area (Å²) in [5.41, 5.74) is 3.25. The van der Waals surface area contributed by atoms with Crippen molar-refractivity contribution in [1.82, 2.24) is 4.90 Å². The zero-order valence-corrected chi connectivity index (χ0v) is 19.8. The summed E-state index contributed by atoms with van der Waals surface area (Å²) in [6.07, 6.45) is -4.51. The predicted octanol–water partition coefficient (Wildman–Crippen LogP) is 7.73. The van der Waals surface area contributed by atoms with Crippen LogP contribution in [0.1, 0.15) is 28.2 Å². The molecule has 4 rings (SSSR count). The van der Waals surface area contributed by atoms with Gasteiger partial charge in [0.05, 0.1) is 18.1 Å². The first-order valence-corrected chi connectivity index (χ1v) is 11.2. The van der Waals surface area contributed by atoms with Gasteiger partial charge in [0.25, 0.3) is 0 Å². The van der Waals surface area contributed by atoms with Gasteiger partial charge in [-0.2, -0.15) is 13.2 Å². The molecule has 0 atom stereocenters. The number of alkyl halides is 3. The average Bonchev–Trinajstić information content (AvgIpc) is 3.26. The molecule has 33 heavy (non-hydrogen) atoms. The highest BCUT2D eigenvalue weighted by Crippen LogP contribution is 2.32. The van der Waals surface area contributed by atoms with Gasteiger partial charge in [-0.15, -0.1) is 0 Å². The van der Waals surface area contributed by atoms with Crippen LogP contribution in [-0.4, -0.2) is 12.0 Å². The fourth-order valence-corrected chi connectivity index (χ4v) is 4.35. The van der Waals surface area contributed by atoms with E-state index in [0.29, 0.717) is 18.8 Å². The van der Waals surface area contributed by atoms with Crippen LogP contribution < -0.4 is 4.74 Å². The fourth-order valence-electron chi connectivity index (χ4n) is 3.94. The molecule has 1 heterocycles. The Morgan fingerprint density at radius 3 is 2.45 bits per heavy atom. The van der Waals surface area contributed by atoms with Crippen molar-refractivity contribution in [1.29, 1.82) is 0 Å². The maximum atomic E-state index is 13.1. The maximum absolute atomic E-state index is 13.1. The fraction of sp³-hybridized carbons (Fsp3) is 0.231. The second-order valence-corrected chi connectivity index (χ2v) is 8.81. The van der Waals surface area contributed by atoms with E-state index in [0.717, 1.165) is 38.0 Å². The SMILES string of the molecule is COc1cc(CN(Cc2ccc(C(F)(F)F)o2)Cc2c(C)ccc3ccccc23)ccc1Br. The number of nitrogens with zero attached hydrogens (tertiary/aromatic N) is 1. The minimum atomic E-state index is -4.51. The molecule has 3 aromatic carbocycles. The summed E-state index contributed by atoms with van der Waals surface area (Å²) in [7, 11) is 1.60. The Morgan fingerprint density at radius 2 is 1.73 bits per heavy atom. The van der Waals surface area contributed by atoms with Crippen molar-refractivity contribution in [3.63, 3.8) is 0 Å². The third kappa shape index (κ3) is 5.42. The Bertz CT molecular complexity index is 1270. The van der Waals surface area contributed by atoms with Gasteiger partial charge in [0.1, 0.15) is 11.5 Å². The number of rotatable bonds is 7. The molecule has 7 heteroatoms. The monoisotopic (exact) mass is 517 g/mol. The largest absolute Gasteiger partial charge is 0.496 e. The molecule has 1 aromatic heterocycles. The number of benzene rings is 3. The molecule has 0 aliphatic rings. The Morgan fingerprint density at radius 1 is 0.939 bits per heavy atom. The topological polar surface area (TPSA) is 25.6 Å². The quantitative estimate of drug-likeness (QED) is 0.250. The normalized spacial score (nSPS) is 12.0. The lowest BCUT2D eigenvalue weighted by molar-refractivity contribution is -0.153. The van der Waals surface area contributed by atoms with Crippen LogP contribution >= 0.6 is 15.9 Å². The summed E-state index contributed by atoms with van der Waals surface area (Å²) in [6, 6.07) is 20.5. The Labute approximate surface area is 198 Å². The molecule has 172 valence electrons. The molecule has 0 aliphatic heterocycles. The summed E-state index contributed by atoms with van der Waals surface area (Å²) in [4.78, 5) is 2.08. The molecule has 0 N–H and O–H groups in total. The van der Waals surface area contributed by atoms with Crippen molar-refractivity contribution in [3.05, 3.63) is 99.4 Å². The molecular formula is C26H23BrF3NO2. The van der Waals surface area contributed by atoms with Crippen LogP contribution in [0.5, 0.6) is 5.75 Å². The van der Waals surface area contributed by atoms with Crippen LogP contribution in [0.15, 0.2) is 75.6 Å². The molecule has 4 aromatic rings. The van der Waals surface area contributed by atoms with Crippen molar-refractivity contribution < 1.29 is 22.3 Å². The van der Waals surface area contributed by atoms with E-state index in [2.05, 4.69) is 52.0 Å². The first-order chi connectivity index (χ1) is 15.7. The van der Waals surface area contributed by atoms with Crippen LogP contribution in [-0.2, 0) is 25.8 Å². The molecule has 0 spiro atoms. The average molecular weight is 518 g/mol. The first kappa shape index (κ1) is 23.4. The number of ether oxygens (including phenoxy) is 1. The van der Waals surface area contributed by atoms with E-state index in [1.165, 1.54) is 6.07 Å². The molecule has 0 fully saturated rings. The lowest BCUT2D eigenvalue weighted by Crippen LogP contribution is -2.23. The van der Waals surface area contributed by atoms with E-state index >= 15 is 0 Å². The van der Waals surface area contributed by atoms with Gasteiger partial charge in [-0.3, -0.25) is 4.90 Å². The van der Waals surface area contributed by atoms with Gasteiger partial charge >= 0.3 is 6.18 Å². The van der Waals surface area contributed by atoms with Crippen LogP contribution in [0.4, 0.5) is 13.2 Å². The minimum absolute atomic E-state index is 0.233. The lowest BCUT2D eigenvalue weighted by atomic mass is 9.99. The number of fused-ring (bicyclic) bond motifs is 1. The number of methoxy groups -OCH3 is 1. The molecule has 0 bridgehead atoms. The standard InChI is InChI=1S/C26H23BrF3NO2/c1-17-7-9-19-5-3-4-6-21(19)22(17)16-31(14-18-8-11-23(27)24(13-18)32-2)15-20-10-12-25(33-20)26(28,29)30/h3-13H,14-16H2,1-2H3. The smallest absolute Gasteiger partial charge is 0.449 e. The van der Waals surface area contributed by atoms with E-state index in [9.17, 15) is 13.2 Å². The summed E-state index contributed by atoms with van der Waals surface area (Å²) in [5, 5.41) is 2.26. The number of furan rings is 1. The zero-order valence-electron chi connectivity index (χ0n) is 18.2. The van der Waals surface area contributed by atoms with Crippen molar-refractivity contribution >= 4 is 26.7 Å². The number of hydrogen-bond acceptors (Lipinski definition) is 3. The summed E-state index contributed by atoms with van der Waals surface area (Å²) in [5.74, 6) is -0.0143. The molecule has 0 unspecified atom stereocenters. The van der Waals surface area contributed by atoms with E-state index < -0.39 is 11.9 Å². The third-order valence-electron chi connectivity index (χ3n) is 5.60. The van der Waals surface area contributed by atoms with Gasteiger partial charge in [-0.05, 0) is 74.6 Å². The van der Waals surface area contributed by atoms with Crippen molar-refractivity contribution in [2.75, 3.05) is 7.11 Å². The lowest BCUT2D eigenvalue weighted by Gasteiger charge is -2.24. The molecule has 0 amide bonds. The van der Waals surface area contributed by atoms with Gasteiger partial charge < -0.3 is 9.15 Å². The van der Waals surface area contributed by atoms with Crippen LogP contribution in [0.2, 0.25) is 0 Å². The summed E-state index contributed by atoms with van der Waals surface area (Å²) in [6.45, 7) is 3.34. The van der Waals surface area contributed by atoms with Gasteiger partial charge in [0, 0.05) is 13.1 Å². The Hall–Kier alpha value is -2.77. The van der Waals surface area contributed by atoms with Crippen molar-refractivity contribution in [3.8, 4) is 5.75 Å². The predicted molar refractivity (Wildman–Crippen MR) is 126 cm³/mol. The first-order valence-electron chi connectivity index (χ1n) is 10.4.